The summed E-state index contributed by atoms with van der Waals surface area (Å²) in [4.78, 5) is 21.1. The lowest BCUT2D eigenvalue weighted by molar-refractivity contribution is -0.139. The van der Waals surface area contributed by atoms with Gasteiger partial charge in [0.05, 0.1) is 7.11 Å². The molecular weight excluding hydrogens is 258 g/mol. The first kappa shape index (κ1) is 20.7. The predicted octanol–water partition coefficient (Wildman–Crippen LogP) is 2.23. The average molecular weight is 285 g/mol. The lowest BCUT2D eigenvalue weighted by Gasteiger charge is -2.20. The van der Waals surface area contributed by atoms with Crippen molar-refractivity contribution in [1.82, 2.24) is 5.32 Å². The highest BCUT2D eigenvalue weighted by Gasteiger charge is 2.08. The predicted molar refractivity (Wildman–Crippen MR) is 80.4 cm³/mol. The normalized spacial score (nSPS) is 9.90. The average Bonchev–Trinajstić information content (AvgIpc) is 2.32. The van der Waals surface area contributed by atoms with E-state index in [1.165, 1.54) is 7.11 Å². The smallest absolute Gasteiger partial charge is 0.333 e. The zero-order valence-electron chi connectivity index (χ0n) is 13.5. The van der Waals surface area contributed by atoms with Gasteiger partial charge in [0.1, 0.15) is 6.61 Å². The number of hydrogen-bond donors (Lipinski definition) is 1. The fourth-order valence-corrected chi connectivity index (χ4v) is 0.867. The standard InChI is InChI=1S/C10H19NO2.C5H8O2/c1-8(2)9(12)13-7-6-11-10(3,4)5;1-4(2)5(6)7-3/h11H,1,6-7H2,2-5H3;1H2,2-3H3. The van der Waals surface area contributed by atoms with E-state index in [1.54, 1.807) is 13.8 Å². The molecule has 0 unspecified atom stereocenters. The Labute approximate surface area is 122 Å². The largest absolute Gasteiger partial charge is 0.466 e. The molecule has 0 aromatic heterocycles. The molecule has 5 nitrogen and oxygen atoms in total. The minimum absolute atomic E-state index is 0.0651. The molecule has 0 atom stereocenters. The fourth-order valence-electron chi connectivity index (χ4n) is 0.867. The quantitative estimate of drug-likeness (QED) is 0.477. The maximum absolute atomic E-state index is 10.9. The van der Waals surface area contributed by atoms with Crippen LogP contribution in [0.2, 0.25) is 0 Å². The lowest BCUT2D eigenvalue weighted by atomic mass is 10.1. The third kappa shape index (κ3) is 14.4. The first-order valence-electron chi connectivity index (χ1n) is 6.32. The first-order valence-corrected chi connectivity index (χ1v) is 6.32. The van der Waals surface area contributed by atoms with Crippen LogP contribution in [0.3, 0.4) is 0 Å². The molecule has 0 spiro atoms. The van der Waals surface area contributed by atoms with Crippen molar-refractivity contribution in [1.29, 1.82) is 0 Å². The van der Waals surface area contributed by atoms with Gasteiger partial charge in [0.15, 0.2) is 0 Å². The number of nitrogens with one attached hydrogen (secondary N) is 1. The molecule has 116 valence electrons. The van der Waals surface area contributed by atoms with Gasteiger partial charge in [-0.2, -0.15) is 0 Å². The molecule has 0 amide bonds. The number of rotatable bonds is 5. The van der Waals surface area contributed by atoms with Gasteiger partial charge in [-0.1, -0.05) is 13.2 Å². The van der Waals surface area contributed by atoms with E-state index >= 15 is 0 Å². The Morgan fingerprint density at radius 2 is 1.50 bits per heavy atom. The zero-order valence-corrected chi connectivity index (χ0v) is 13.5. The molecule has 0 radical (unpaired) electrons. The van der Waals surface area contributed by atoms with E-state index in [0.29, 0.717) is 24.3 Å². The van der Waals surface area contributed by atoms with Crippen LogP contribution in [0.5, 0.6) is 0 Å². The van der Waals surface area contributed by atoms with Crippen LogP contribution >= 0.6 is 0 Å². The van der Waals surface area contributed by atoms with Crippen LogP contribution in [0.4, 0.5) is 0 Å². The number of carbonyl (C=O) groups is 2. The SMILES string of the molecule is C=C(C)C(=O)OC.C=C(C)C(=O)OCCNC(C)(C)C. The molecule has 0 rings (SSSR count). The second-order valence-electron chi connectivity index (χ2n) is 5.36. The number of esters is 2. The Morgan fingerprint density at radius 1 is 1.05 bits per heavy atom. The van der Waals surface area contributed by atoms with Crippen molar-refractivity contribution in [2.75, 3.05) is 20.3 Å². The van der Waals surface area contributed by atoms with Gasteiger partial charge in [0.2, 0.25) is 0 Å². The summed E-state index contributed by atoms with van der Waals surface area (Å²) in [6.07, 6.45) is 0. The molecule has 0 aromatic rings. The van der Waals surface area contributed by atoms with Crippen molar-refractivity contribution in [3.05, 3.63) is 24.3 Å². The Morgan fingerprint density at radius 3 is 1.75 bits per heavy atom. The molecule has 0 bridgehead atoms. The summed E-state index contributed by atoms with van der Waals surface area (Å²) in [5, 5.41) is 3.21. The summed E-state index contributed by atoms with van der Waals surface area (Å²) in [6, 6.07) is 0. The Bertz CT molecular complexity index is 353. The van der Waals surface area contributed by atoms with E-state index in [0.717, 1.165) is 0 Å². The van der Waals surface area contributed by atoms with Crippen molar-refractivity contribution in [2.45, 2.75) is 40.2 Å². The molecule has 5 heteroatoms. The molecule has 0 fully saturated rings. The van der Waals surface area contributed by atoms with Crippen LogP contribution in [-0.2, 0) is 19.1 Å². The second kappa shape index (κ2) is 10.2. The van der Waals surface area contributed by atoms with Gasteiger partial charge in [-0.3, -0.25) is 0 Å². The van der Waals surface area contributed by atoms with Crippen LogP contribution in [0, 0.1) is 0 Å². The molecular formula is C15H27NO4. The van der Waals surface area contributed by atoms with Gasteiger partial charge >= 0.3 is 11.9 Å². The van der Waals surface area contributed by atoms with E-state index in [4.69, 9.17) is 4.74 Å². The minimum Gasteiger partial charge on any atom is -0.466 e. The molecule has 0 aliphatic heterocycles. The van der Waals surface area contributed by atoms with Crippen molar-refractivity contribution in [3.63, 3.8) is 0 Å². The minimum atomic E-state index is -0.347. The molecule has 0 aliphatic carbocycles. The zero-order chi connectivity index (χ0) is 16.3. The van der Waals surface area contributed by atoms with E-state index in [-0.39, 0.29) is 17.5 Å². The summed E-state index contributed by atoms with van der Waals surface area (Å²) >= 11 is 0. The summed E-state index contributed by atoms with van der Waals surface area (Å²) in [5.41, 5.74) is 0.938. The Kier molecular flexibility index (Phi) is 10.6. The van der Waals surface area contributed by atoms with Crippen LogP contribution in [0.25, 0.3) is 0 Å². The fraction of sp³-hybridized carbons (Fsp3) is 0.600. The summed E-state index contributed by atoms with van der Waals surface area (Å²) in [7, 11) is 1.33. The van der Waals surface area contributed by atoms with Crippen molar-refractivity contribution in [2.24, 2.45) is 0 Å². The number of carbonyl (C=O) groups excluding carboxylic acids is 2. The molecule has 1 N–H and O–H groups in total. The second-order valence-corrected chi connectivity index (χ2v) is 5.36. The number of ether oxygens (including phenoxy) is 2. The summed E-state index contributed by atoms with van der Waals surface area (Å²) < 4.78 is 9.17. The van der Waals surface area contributed by atoms with Gasteiger partial charge in [-0.15, -0.1) is 0 Å². The molecule has 20 heavy (non-hydrogen) atoms. The van der Waals surface area contributed by atoms with Gasteiger partial charge in [-0.25, -0.2) is 9.59 Å². The van der Waals surface area contributed by atoms with Crippen LogP contribution in [-0.4, -0.2) is 37.7 Å². The van der Waals surface area contributed by atoms with Crippen LogP contribution in [0.15, 0.2) is 24.3 Å². The summed E-state index contributed by atoms with van der Waals surface area (Å²) in [5.74, 6) is -0.671. The van der Waals surface area contributed by atoms with Gasteiger partial charge in [-0.05, 0) is 34.6 Å². The van der Waals surface area contributed by atoms with E-state index in [9.17, 15) is 9.59 Å². The van der Waals surface area contributed by atoms with Gasteiger partial charge < -0.3 is 14.8 Å². The highest BCUT2D eigenvalue weighted by Crippen LogP contribution is 1.97. The Balaban J connectivity index is 0. The van der Waals surface area contributed by atoms with Crippen LogP contribution < -0.4 is 5.32 Å². The third-order valence-corrected chi connectivity index (χ3v) is 1.87. The van der Waals surface area contributed by atoms with Crippen molar-refractivity contribution >= 4 is 11.9 Å². The molecule has 0 saturated carbocycles. The monoisotopic (exact) mass is 285 g/mol. The Hall–Kier alpha value is -1.62. The molecule has 0 saturated heterocycles. The van der Waals surface area contributed by atoms with E-state index in [2.05, 4.69) is 44.0 Å². The molecule has 0 aromatic carbocycles. The highest BCUT2D eigenvalue weighted by atomic mass is 16.5. The lowest BCUT2D eigenvalue weighted by Crippen LogP contribution is -2.38. The highest BCUT2D eigenvalue weighted by molar-refractivity contribution is 5.87. The number of methoxy groups -OCH3 is 1. The van der Waals surface area contributed by atoms with Crippen molar-refractivity contribution in [3.8, 4) is 0 Å². The summed E-state index contributed by atoms with van der Waals surface area (Å²) in [6.45, 7) is 17.3. The van der Waals surface area contributed by atoms with E-state index < -0.39 is 0 Å². The topological polar surface area (TPSA) is 64.6 Å². The maximum Gasteiger partial charge on any atom is 0.333 e. The molecule has 0 heterocycles. The first-order chi connectivity index (χ1) is 9.01. The maximum atomic E-state index is 10.9. The van der Waals surface area contributed by atoms with Crippen molar-refractivity contribution < 1.29 is 19.1 Å². The third-order valence-electron chi connectivity index (χ3n) is 1.87. The number of hydrogen-bond acceptors (Lipinski definition) is 5. The van der Waals surface area contributed by atoms with Crippen LogP contribution in [0.1, 0.15) is 34.6 Å². The molecule has 0 aliphatic rings. The van der Waals surface area contributed by atoms with Gasteiger partial charge in [0.25, 0.3) is 0 Å². The van der Waals surface area contributed by atoms with Gasteiger partial charge in [0, 0.05) is 23.2 Å². The van der Waals surface area contributed by atoms with E-state index in [1.807, 2.05) is 0 Å².